The number of carboxylic acids is 1. The van der Waals surface area contributed by atoms with Gasteiger partial charge in [0, 0.05) is 0 Å². The van der Waals surface area contributed by atoms with Gasteiger partial charge >= 0.3 is 5.97 Å². The molecule has 1 N–H and O–H groups in total. The monoisotopic (exact) mass is 313 g/mol. The largest absolute Gasteiger partial charge is 0.480 e. The molecule has 0 fully saturated rings. The molecule has 1 aromatic carbocycles. The first-order valence-corrected chi connectivity index (χ1v) is 5.65. The van der Waals surface area contributed by atoms with Crippen LogP contribution in [-0.2, 0) is 4.79 Å². The van der Waals surface area contributed by atoms with Crippen LogP contribution in [0.2, 0.25) is 0 Å². The summed E-state index contributed by atoms with van der Waals surface area (Å²) in [5, 5.41) is 8.68. The summed E-state index contributed by atoms with van der Waals surface area (Å²) in [7, 11) is 0. The molecule has 0 saturated heterocycles. The van der Waals surface area contributed by atoms with Gasteiger partial charge in [-0.1, -0.05) is 12.0 Å². The van der Waals surface area contributed by atoms with Gasteiger partial charge in [-0.3, -0.25) is 9.59 Å². The maximum Gasteiger partial charge on any atom is 0.323 e. The van der Waals surface area contributed by atoms with Crippen LogP contribution in [0.15, 0.2) is 22.7 Å². The average molecular weight is 314 g/mol. The summed E-state index contributed by atoms with van der Waals surface area (Å²) >= 11 is 2.94. The topological polar surface area (TPSA) is 57.6 Å². The van der Waals surface area contributed by atoms with Crippen LogP contribution in [0.25, 0.3) is 0 Å². The molecule has 1 amide bonds. The number of aliphatic carboxylic acids is 1. The van der Waals surface area contributed by atoms with Gasteiger partial charge in [0.2, 0.25) is 0 Å². The molecule has 0 aliphatic carbocycles. The summed E-state index contributed by atoms with van der Waals surface area (Å²) in [6, 6.07) is 3.94. The van der Waals surface area contributed by atoms with Crippen LogP contribution in [0.5, 0.6) is 0 Å². The molecule has 0 spiro atoms. The van der Waals surface area contributed by atoms with E-state index in [1.165, 1.54) is 18.2 Å². The van der Waals surface area contributed by atoms with Crippen molar-refractivity contribution >= 4 is 27.8 Å². The second kappa shape index (κ2) is 6.17. The molecule has 0 radical (unpaired) electrons. The highest BCUT2D eigenvalue weighted by Crippen LogP contribution is 2.21. The number of hydrogen-bond acceptors (Lipinski definition) is 2. The Hall–Kier alpha value is -1.87. The predicted molar refractivity (Wildman–Crippen MR) is 66.5 cm³/mol. The third-order valence-corrected chi connectivity index (χ3v) is 2.88. The molecule has 0 aliphatic rings. The number of hydrogen-bond donors (Lipinski definition) is 1. The molecular weight excluding hydrogens is 305 g/mol. The number of halogens is 2. The number of amides is 1. The van der Waals surface area contributed by atoms with E-state index in [4.69, 9.17) is 11.5 Å². The van der Waals surface area contributed by atoms with Gasteiger partial charge in [-0.05, 0) is 28.1 Å². The van der Waals surface area contributed by atoms with Crippen molar-refractivity contribution in [2.75, 3.05) is 13.1 Å². The van der Waals surface area contributed by atoms with Crippen molar-refractivity contribution in [3.63, 3.8) is 0 Å². The standard InChI is InChI=1S/C12H9BrFNO3/c1-2-6-15(7-10(16)17)12(18)8-4-3-5-9(14)11(8)13/h1,3-5H,6-7H2,(H,16,17). The Morgan fingerprint density at radius 2 is 2.17 bits per heavy atom. The first kappa shape index (κ1) is 14.2. The van der Waals surface area contributed by atoms with Crippen molar-refractivity contribution in [1.82, 2.24) is 4.90 Å². The maximum atomic E-state index is 13.3. The van der Waals surface area contributed by atoms with Gasteiger partial charge < -0.3 is 10.0 Å². The second-order valence-electron chi connectivity index (χ2n) is 3.36. The zero-order valence-electron chi connectivity index (χ0n) is 9.19. The molecule has 0 unspecified atom stereocenters. The Morgan fingerprint density at radius 3 is 2.72 bits per heavy atom. The fourth-order valence-corrected chi connectivity index (χ4v) is 1.75. The Bertz CT molecular complexity index is 525. The highest BCUT2D eigenvalue weighted by atomic mass is 79.9. The summed E-state index contributed by atoms with van der Waals surface area (Å²) in [4.78, 5) is 23.6. The van der Waals surface area contributed by atoms with Gasteiger partial charge in [0.1, 0.15) is 12.4 Å². The van der Waals surface area contributed by atoms with Gasteiger partial charge in [0.25, 0.3) is 5.91 Å². The van der Waals surface area contributed by atoms with Gasteiger partial charge in [-0.25, -0.2) is 4.39 Å². The fraction of sp³-hybridized carbons (Fsp3) is 0.167. The molecular formula is C12H9BrFNO3. The summed E-state index contributed by atoms with van der Waals surface area (Å²) in [6.45, 7) is -0.694. The molecule has 1 aromatic rings. The van der Waals surface area contributed by atoms with E-state index in [2.05, 4.69) is 21.9 Å². The van der Waals surface area contributed by atoms with Crippen LogP contribution in [0.4, 0.5) is 4.39 Å². The first-order chi connectivity index (χ1) is 8.47. The number of terminal acetylenes is 1. The van der Waals surface area contributed by atoms with Gasteiger partial charge in [-0.15, -0.1) is 6.42 Å². The summed E-state index contributed by atoms with van der Waals surface area (Å²) in [5.74, 6) is -0.236. The number of benzene rings is 1. The van der Waals surface area contributed by atoms with Gasteiger partial charge in [0.15, 0.2) is 0 Å². The van der Waals surface area contributed by atoms with Crippen molar-refractivity contribution in [3.05, 3.63) is 34.1 Å². The fourth-order valence-electron chi connectivity index (χ4n) is 1.31. The van der Waals surface area contributed by atoms with Crippen molar-refractivity contribution in [2.45, 2.75) is 0 Å². The minimum Gasteiger partial charge on any atom is -0.480 e. The van der Waals surface area contributed by atoms with Crippen LogP contribution in [0, 0.1) is 18.2 Å². The van der Waals surface area contributed by atoms with E-state index < -0.39 is 24.2 Å². The predicted octanol–water partition coefficient (Wildman–Crippen LogP) is 1.75. The Labute approximate surface area is 112 Å². The molecule has 18 heavy (non-hydrogen) atoms. The number of carbonyl (C=O) groups excluding carboxylic acids is 1. The Balaban J connectivity index is 3.06. The summed E-state index contributed by atoms with van der Waals surface area (Å²) < 4.78 is 13.3. The highest BCUT2D eigenvalue weighted by molar-refractivity contribution is 9.10. The highest BCUT2D eigenvalue weighted by Gasteiger charge is 2.21. The zero-order valence-corrected chi connectivity index (χ0v) is 10.8. The molecule has 0 saturated carbocycles. The van der Waals surface area contributed by atoms with Crippen LogP contribution in [-0.4, -0.2) is 35.0 Å². The SMILES string of the molecule is C#CCN(CC(=O)O)C(=O)c1cccc(F)c1Br. The van der Waals surface area contributed by atoms with E-state index in [-0.39, 0.29) is 16.6 Å². The Kier molecular flexibility index (Phi) is 4.86. The minimum atomic E-state index is -1.19. The second-order valence-corrected chi connectivity index (χ2v) is 4.15. The van der Waals surface area contributed by atoms with Crippen LogP contribution >= 0.6 is 15.9 Å². The van der Waals surface area contributed by atoms with E-state index in [1.54, 1.807) is 0 Å². The zero-order chi connectivity index (χ0) is 13.7. The minimum absolute atomic E-state index is 0.0117. The first-order valence-electron chi connectivity index (χ1n) is 4.86. The lowest BCUT2D eigenvalue weighted by molar-refractivity contribution is -0.137. The molecule has 0 aromatic heterocycles. The molecule has 0 atom stereocenters. The lowest BCUT2D eigenvalue weighted by Gasteiger charge is -2.18. The number of rotatable bonds is 4. The van der Waals surface area contributed by atoms with Crippen molar-refractivity contribution < 1.29 is 19.1 Å². The third kappa shape index (κ3) is 3.31. The summed E-state index contributed by atoms with van der Waals surface area (Å²) in [6.07, 6.45) is 5.07. The quantitative estimate of drug-likeness (QED) is 0.862. The van der Waals surface area contributed by atoms with E-state index in [0.717, 1.165) is 4.90 Å². The van der Waals surface area contributed by atoms with E-state index in [1.807, 2.05) is 0 Å². The van der Waals surface area contributed by atoms with Crippen LogP contribution < -0.4 is 0 Å². The van der Waals surface area contributed by atoms with Crippen molar-refractivity contribution in [3.8, 4) is 12.3 Å². The Morgan fingerprint density at radius 1 is 1.50 bits per heavy atom. The molecule has 4 nitrogen and oxygen atoms in total. The normalized spacial score (nSPS) is 9.61. The van der Waals surface area contributed by atoms with Crippen molar-refractivity contribution in [1.29, 1.82) is 0 Å². The van der Waals surface area contributed by atoms with Crippen LogP contribution in [0.1, 0.15) is 10.4 Å². The van der Waals surface area contributed by atoms with E-state index in [9.17, 15) is 14.0 Å². The summed E-state index contributed by atoms with van der Waals surface area (Å²) in [5.41, 5.74) is 0.0338. The average Bonchev–Trinajstić information content (AvgIpc) is 2.31. The molecule has 0 bridgehead atoms. The third-order valence-electron chi connectivity index (χ3n) is 2.08. The molecule has 94 valence electrons. The smallest absolute Gasteiger partial charge is 0.323 e. The van der Waals surface area contributed by atoms with Crippen molar-refractivity contribution in [2.24, 2.45) is 0 Å². The lowest BCUT2D eigenvalue weighted by atomic mass is 10.2. The van der Waals surface area contributed by atoms with Gasteiger partial charge in [0.05, 0.1) is 16.6 Å². The lowest BCUT2D eigenvalue weighted by Crippen LogP contribution is -2.36. The molecule has 0 heterocycles. The van der Waals surface area contributed by atoms with Gasteiger partial charge in [-0.2, -0.15) is 0 Å². The molecule has 1 rings (SSSR count). The van der Waals surface area contributed by atoms with Crippen LogP contribution in [0.3, 0.4) is 0 Å². The van der Waals surface area contributed by atoms with E-state index in [0.29, 0.717) is 0 Å². The number of nitrogens with zero attached hydrogens (tertiary/aromatic N) is 1. The molecule has 0 aliphatic heterocycles. The van der Waals surface area contributed by atoms with E-state index >= 15 is 0 Å². The number of carbonyl (C=O) groups is 2. The number of carboxylic acid groups (broad SMARTS) is 1. The maximum absolute atomic E-state index is 13.3. The molecule has 6 heteroatoms.